The molecule has 0 spiro atoms. The summed E-state index contributed by atoms with van der Waals surface area (Å²) in [4.78, 5) is 44.3. The van der Waals surface area contributed by atoms with Gasteiger partial charge >= 0.3 is 0 Å². The maximum atomic E-state index is 13.5. The Morgan fingerprint density at radius 2 is 2.00 bits per heavy atom. The average molecular weight is 489 g/mol. The summed E-state index contributed by atoms with van der Waals surface area (Å²) in [6, 6.07) is -1.40. The summed E-state index contributed by atoms with van der Waals surface area (Å²) in [5, 5.41) is 13.3. The molecule has 0 aromatic heterocycles. The highest BCUT2D eigenvalue weighted by Crippen LogP contribution is 2.23. The fourth-order valence-electron chi connectivity index (χ4n) is 4.31. The topological polar surface area (TPSA) is 93.2 Å². The smallest absolute Gasteiger partial charge is 0.246 e. The van der Waals surface area contributed by atoms with E-state index in [0.29, 0.717) is 25.8 Å². The normalized spacial score (nSPS) is 20.4. The Bertz CT molecular complexity index is 848. The van der Waals surface area contributed by atoms with Crippen LogP contribution in [0.2, 0.25) is 0 Å². The molecule has 0 saturated carbocycles. The molecule has 1 fully saturated rings. The number of aliphatic hydroxyl groups is 1. The summed E-state index contributed by atoms with van der Waals surface area (Å²) in [5.41, 5.74) is 0.991. The van der Waals surface area contributed by atoms with Crippen LogP contribution < -0.4 is 5.32 Å². The lowest BCUT2D eigenvalue weighted by Crippen LogP contribution is -2.56. The number of carbonyl (C=O) groups excluding carboxylic acids is 3. The summed E-state index contributed by atoms with van der Waals surface area (Å²) in [7, 11) is 5.13. The van der Waals surface area contributed by atoms with Gasteiger partial charge in [0.1, 0.15) is 12.1 Å². The zero-order chi connectivity index (χ0) is 26.2. The van der Waals surface area contributed by atoms with Crippen molar-refractivity contribution in [1.29, 1.82) is 0 Å². The van der Waals surface area contributed by atoms with E-state index in [2.05, 4.69) is 11.4 Å². The van der Waals surface area contributed by atoms with Gasteiger partial charge in [0.2, 0.25) is 17.7 Å². The SMILES string of the molecule is CNC(C)(C)C/C=C/C(=O)N(C)[C@H](C)C(=O)N(C)[C@H](CC1=CC=CCC1)C(=O)N1CCCC(O)C1. The molecule has 2 rings (SSSR count). The first kappa shape index (κ1) is 28.8. The highest BCUT2D eigenvalue weighted by atomic mass is 16.3. The van der Waals surface area contributed by atoms with Gasteiger partial charge in [-0.25, -0.2) is 0 Å². The van der Waals surface area contributed by atoms with Crippen molar-refractivity contribution in [3.8, 4) is 0 Å². The van der Waals surface area contributed by atoms with Gasteiger partial charge in [0.15, 0.2) is 0 Å². The van der Waals surface area contributed by atoms with Crippen LogP contribution in [-0.2, 0) is 14.4 Å². The number of rotatable bonds is 10. The van der Waals surface area contributed by atoms with Crippen LogP contribution in [0.3, 0.4) is 0 Å². The van der Waals surface area contributed by atoms with Gasteiger partial charge in [-0.1, -0.05) is 29.9 Å². The first-order valence-corrected chi connectivity index (χ1v) is 12.7. The number of hydrogen-bond acceptors (Lipinski definition) is 5. The number of aliphatic hydroxyl groups excluding tert-OH is 1. The van der Waals surface area contributed by atoms with Crippen molar-refractivity contribution in [2.24, 2.45) is 0 Å². The standard InChI is InChI=1S/C27H44N4O4/c1-20(29(5)24(33)15-10-16-27(2,3)28-4)25(34)30(6)23(18-21-12-8-7-9-13-21)26(35)31-17-11-14-22(32)19-31/h7-8,10,12,15,20,22-23,28,32H,9,11,13-14,16-19H2,1-6H3/b15-10+/t20-,22?,23-/m1/s1. The highest BCUT2D eigenvalue weighted by molar-refractivity contribution is 5.94. The average Bonchev–Trinajstić information content (AvgIpc) is 2.85. The molecule has 2 aliphatic rings. The molecule has 1 unspecified atom stereocenters. The van der Waals surface area contributed by atoms with Gasteiger partial charge < -0.3 is 25.1 Å². The van der Waals surface area contributed by atoms with Crippen LogP contribution in [-0.4, -0.2) is 95.5 Å². The number of likely N-dealkylation sites (tertiary alicyclic amines) is 1. The predicted molar refractivity (Wildman–Crippen MR) is 139 cm³/mol. The minimum Gasteiger partial charge on any atom is -0.391 e. The Balaban J connectivity index is 2.14. The van der Waals surface area contributed by atoms with Crippen LogP contribution in [0.25, 0.3) is 0 Å². The Kier molecular flexibility index (Phi) is 10.7. The number of β-amino-alcohol motifs (C(OH)–C–C–N with tert-alkyl or cyclic N) is 1. The summed E-state index contributed by atoms with van der Waals surface area (Å²) in [6.45, 7) is 6.65. The quantitative estimate of drug-likeness (QED) is 0.460. The molecular weight excluding hydrogens is 444 g/mol. The second-order valence-corrected chi connectivity index (χ2v) is 10.4. The van der Waals surface area contributed by atoms with Gasteiger partial charge in [-0.05, 0) is 72.4 Å². The zero-order valence-electron chi connectivity index (χ0n) is 22.3. The monoisotopic (exact) mass is 488 g/mol. The van der Waals surface area contributed by atoms with Crippen molar-refractivity contribution in [1.82, 2.24) is 20.0 Å². The number of nitrogens with one attached hydrogen (secondary N) is 1. The summed E-state index contributed by atoms with van der Waals surface area (Å²) in [5.74, 6) is -0.689. The van der Waals surface area contributed by atoms with E-state index in [9.17, 15) is 19.5 Å². The number of piperidine rings is 1. The molecule has 0 radical (unpaired) electrons. The van der Waals surface area contributed by atoms with E-state index in [0.717, 1.165) is 24.8 Å². The van der Waals surface area contributed by atoms with Crippen LogP contribution in [0.1, 0.15) is 59.3 Å². The zero-order valence-corrected chi connectivity index (χ0v) is 22.3. The second-order valence-electron chi connectivity index (χ2n) is 10.4. The van der Waals surface area contributed by atoms with Gasteiger partial charge in [-0.2, -0.15) is 0 Å². The first-order chi connectivity index (χ1) is 16.5. The lowest BCUT2D eigenvalue weighted by atomic mass is 9.95. The van der Waals surface area contributed by atoms with Crippen LogP contribution in [0.15, 0.2) is 36.0 Å². The lowest BCUT2D eigenvalue weighted by molar-refractivity contribution is -0.150. The Labute approximate surface area is 210 Å². The molecule has 35 heavy (non-hydrogen) atoms. The van der Waals surface area contributed by atoms with E-state index in [1.807, 2.05) is 39.1 Å². The van der Waals surface area contributed by atoms with E-state index in [-0.39, 0.29) is 29.8 Å². The maximum Gasteiger partial charge on any atom is 0.246 e. The van der Waals surface area contributed by atoms with Crippen molar-refractivity contribution >= 4 is 17.7 Å². The molecule has 196 valence electrons. The summed E-state index contributed by atoms with van der Waals surface area (Å²) >= 11 is 0. The molecule has 2 N–H and O–H groups in total. The van der Waals surface area contributed by atoms with Crippen LogP contribution in [0.5, 0.6) is 0 Å². The molecule has 1 saturated heterocycles. The van der Waals surface area contributed by atoms with Crippen LogP contribution >= 0.6 is 0 Å². The molecule has 1 aliphatic carbocycles. The number of carbonyl (C=O) groups is 3. The van der Waals surface area contributed by atoms with Crippen molar-refractivity contribution in [3.63, 3.8) is 0 Å². The molecule has 3 amide bonds. The van der Waals surface area contributed by atoms with Gasteiger partial charge in [0.05, 0.1) is 6.10 Å². The molecule has 0 aromatic carbocycles. The van der Waals surface area contributed by atoms with Gasteiger partial charge in [0.25, 0.3) is 0 Å². The second kappa shape index (κ2) is 13.0. The lowest BCUT2D eigenvalue weighted by Gasteiger charge is -2.38. The third-order valence-electron chi connectivity index (χ3n) is 7.22. The summed E-state index contributed by atoms with van der Waals surface area (Å²) < 4.78 is 0. The number of hydrogen-bond donors (Lipinski definition) is 2. The third-order valence-corrected chi connectivity index (χ3v) is 7.22. The van der Waals surface area contributed by atoms with Crippen molar-refractivity contribution in [2.45, 2.75) is 83.0 Å². The maximum absolute atomic E-state index is 13.5. The van der Waals surface area contributed by atoms with E-state index >= 15 is 0 Å². The molecule has 8 heteroatoms. The molecular formula is C27H44N4O4. The van der Waals surface area contributed by atoms with E-state index in [4.69, 9.17) is 0 Å². The molecule has 1 heterocycles. The minimum atomic E-state index is -0.725. The molecule has 1 aliphatic heterocycles. The van der Waals surface area contributed by atoms with Crippen molar-refractivity contribution in [2.75, 3.05) is 34.2 Å². The number of likely N-dealkylation sites (N-methyl/N-ethyl adjacent to an activating group) is 2. The predicted octanol–water partition coefficient (Wildman–Crippen LogP) is 2.25. The highest BCUT2D eigenvalue weighted by Gasteiger charge is 2.36. The molecule has 0 bridgehead atoms. The van der Waals surface area contributed by atoms with Gasteiger partial charge in [-0.3, -0.25) is 14.4 Å². The third kappa shape index (κ3) is 8.32. The Morgan fingerprint density at radius 3 is 2.60 bits per heavy atom. The van der Waals surface area contributed by atoms with Crippen molar-refractivity contribution in [3.05, 3.63) is 36.0 Å². The fourth-order valence-corrected chi connectivity index (χ4v) is 4.31. The fraction of sp³-hybridized carbons (Fsp3) is 0.667. The number of nitrogens with zero attached hydrogens (tertiary/aromatic N) is 3. The van der Waals surface area contributed by atoms with Gasteiger partial charge in [-0.15, -0.1) is 0 Å². The number of amides is 3. The van der Waals surface area contributed by atoms with Crippen LogP contribution in [0, 0.1) is 0 Å². The minimum absolute atomic E-state index is 0.129. The Morgan fingerprint density at radius 1 is 1.29 bits per heavy atom. The van der Waals surface area contributed by atoms with Gasteiger partial charge in [0, 0.05) is 32.7 Å². The van der Waals surface area contributed by atoms with Crippen molar-refractivity contribution < 1.29 is 19.5 Å². The van der Waals surface area contributed by atoms with E-state index in [1.165, 1.54) is 15.9 Å². The molecule has 0 aromatic rings. The first-order valence-electron chi connectivity index (χ1n) is 12.7. The van der Waals surface area contributed by atoms with Crippen LogP contribution in [0.4, 0.5) is 0 Å². The van der Waals surface area contributed by atoms with E-state index < -0.39 is 18.2 Å². The molecule has 3 atom stereocenters. The Hall–Kier alpha value is -2.45. The largest absolute Gasteiger partial charge is 0.391 e. The summed E-state index contributed by atoms with van der Waals surface area (Å²) in [6.07, 6.45) is 13.2. The molecule has 8 nitrogen and oxygen atoms in total. The van der Waals surface area contributed by atoms with E-state index in [1.54, 1.807) is 25.9 Å². The number of allylic oxidation sites excluding steroid dienone is 3.